The van der Waals surface area contributed by atoms with Gasteiger partial charge in [0.25, 0.3) is 5.69 Å². The SMILES string of the molecule is CCOP(=O)(OCC)C(C)(C)C/C(C)=N/Nc1ccc([N+](=O)[O-])cc1[N+](=O)[O-]. The van der Waals surface area contributed by atoms with Crippen LogP contribution in [-0.4, -0.2) is 33.9 Å². The molecule has 0 radical (unpaired) electrons. The van der Waals surface area contributed by atoms with Gasteiger partial charge in [-0.15, -0.1) is 0 Å². The van der Waals surface area contributed by atoms with E-state index in [1.807, 2.05) is 0 Å². The molecule has 11 nitrogen and oxygen atoms in total. The fourth-order valence-corrected chi connectivity index (χ4v) is 4.40. The van der Waals surface area contributed by atoms with Crippen molar-refractivity contribution in [2.24, 2.45) is 5.10 Å². The number of benzene rings is 1. The Bertz CT molecular complexity index is 800. The van der Waals surface area contributed by atoms with Gasteiger partial charge in [0, 0.05) is 18.2 Å². The Morgan fingerprint density at radius 1 is 1.18 bits per heavy atom. The zero-order valence-electron chi connectivity index (χ0n) is 16.5. The number of nitro benzene ring substituents is 2. The molecule has 0 unspecified atom stereocenters. The topological polar surface area (TPSA) is 146 Å². The van der Waals surface area contributed by atoms with E-state index in [1.165, 1.54) is 6.07 Å². The summed E-state index contributed by atoms with van der Waals surface area (Å²) in [5, 5.41) is 25.2. The van der Waals surface area contributed by atoms with Crippen molar-refractivity contribution in [3.05, 3.63) is 38.4 Å². The third kappa shape index (κ3) is 5.82. The molecule has 1 rings (SSSR count). The molecule has 0 spiro atoms. The van der Waals surface area contributed by atoms with Crippen molar-refractivity contribution in [1.29, 1.82) is 0 Å². The molecular formula is C16H25N4O7P. The Morgan fingerprint density at radius 2 is 1.75 bits per heavy atom. The number of hydrogen-bond acceptors (Lipinski definition) is 9. The highest BCUT2D eigenvalue weighted by atomic mass is 31.2. The van der Waals surface area contributed by atoms with Crippen molar-refractivity contribution in [3.8, 4) is 0 Å². The fourth-order valence-electron chi connectivity index (χ4n) is 2.52. The zero-order valence-corrected chi connectivity index (χ0v) is 17.4. The summed E-state index contributed by atoms with van der Waals surface area (Å²) in [6.07, 6.45) is 0.234. The maximum absolute atomic E-state index is 13.0. The fraction of sp³-hybridized carbons (Fsp3) is 0.562. The number of nitrogens with one attached hydrogen (secondary N) is 1. The third-order valence-corrected chi connectivity index (χ3v) is 6.62. The normalized spacial score (nSPS) is 12.7. The van der Waals surface area contributed by atoms with Crippen LogP contribution in [-0.2, 0) is 13.6 Å². The van der Waals surface area contributed by atoms with E-state index in [9.17, 15) is 24.8 Å². The van der Waals surface area contributed by atoms with E-state index in [4.69, 9.17) is 9.05 Å². The lowest BCUT2D eigenvalue weighted by molar-refractivity contribution is -0.393. The highest BCUT2D eigenvalue weighted by molar-refractivity contribution is 7.55. The lowest BCUT2D eigenvalue weighted by Crippen LogP contribution is -2.26. The van der Waals surface area contributed by atoms with Crippen LogP contribution in [0.1, 0.15) is 41.0 Å². The minimum atomic E-state index is -3.41. The summed E-state index contributed by atoms with van der Waals surface area (Å²) in [6.45, 7) is 9.01. The predicted molar refractivity (Wildman–Crippen MR) is 106 cm³/mol. The maximum Gasteiger partial charge on any atom is 0.336 e. The molecule has 28 heavy (non-hydrogen) atoms. The van der Waals surface area contributed by atoms with Crippen molar-refractivity contribution >= 4 is 30.4 Å². The maximum atomic E-state index is 13.0. The van der Waals surface area contributed by atoms with Gasteiger partial charge in [0.15, 0.2) is 0 Å². The highest BCUT2D eigenvalue weighted by Gasteiger charge is 2.43. The van der Waals surface area contributed by atoms with Gasteiger partial charge in [-0.1, -0.05) is 0 Å². The molecule has 0 saturated carbocycles. The van der Waals surface area contributed by atoms with Crippen LogP contribution in [0.4, 0.5) is 17.1 Å². The van der Waals surface area contributed by atoms with Gasteiger partial charge in [0.05, 0.1) is 34.3 Å². The Hall–Kier alpha value is -2.36. The van der Waals surface area contributed by atoms with E-state index in [2.05, 4.69) is 10.5 Å². The number of non-ortho nitro benzene ring substituents is 1. The van der Waals surface area contributed by atoms with Crippen molar-refractivity contribution in [3.63, 3.8) is 0 Å². The Morgan fingerprint density at radius 3 is 2.21 bits per heavy atom. The van der Waals surface area contributed by atoms with Gasteiger partial charge in [-0.25, -0.2) is 0 Å². The molecule has 0 aliphatic rings. The van der Waals surface area contributed by atoms with Crippen LogP contribution in [0.3, 0.4) is 0 Å². The molecule has 0 saturated heterocycles. The Labute approximate surface area is 162 Å². The molecular weight excluding hydrogens is 391 g/mol. The molecule has 0 aromatic heterocycles. The largest absolute Gasteiger partial charge is 0.336 e. The summed E-state index contributed by atoms with van der Waals surface area (Å²) in [6, 6.07) is 3.21. The van der Waals surface area contributed by atoms with Crippen LogP contribution in [0.15, 0.2) is 23.3 Å². The molecule has 156 valence electrons. The van der Waals surface area contributed by atoms with Crippen molar-refractivity contribution in [2.75, 3.05) is 18.6 Å². The second kappa shape index (κ2) is 9.72. The highest BCUT2D eigenvalue weighted by Crippen LogP contribution is 2.61. The van der Waals surface area contributed by atoms with E-state index >= 15 is 0 Å². The lowest BCUT2D eigenvalue weighted by atomic mass is 10.1. The molecule has 1 aromatic rings. The van der Waals surface area contributed by atoms with Gasteiger partial charge in [-0.3, -0.25) is 30.2 Å². The third-order valence-electron chi connectivity index (χ3n) is 3.78. The molecule has 1 N–H and O–H groups in total. The van der Waals surface area contributed by atoms with Gasteiger partial charge in [0.1, 0.15) is 5.69 Å². The van der Waals surface area contributed by atoms with E-state index in [-0.39, 0.29) is 25.3 Å². The molecule has 0 aliphatic carbocycles. The predicted octanol–water partition coefficient (Wildman–Crippen LogP) is 4.73. The van der Waals surface area contributed by atoms with E-state index < -0.39 is 34.0 Å². The van der Waals surface area contributed by atoms with Crippen LogP contribution in [0.5, 0.6) is 0 Å². The number of hydrazone groups is 1. The smallest absolute Gasteiger partial charge is 0.308 e. The number of rotatable bonds is 11. The van der Waals surface area contributed by atoms with Gasteiger partial charge in [-0.2, -0.15) is 5.10 Å². The van der Waals surface area contributed by atoms with Crippen LogP contribution in [0.25, 0.3) is 0 Å². The van der Waals surface area contributed by atoms with Crippen LogP contribution >= 0.6 is 7.60 Å². The first-order valence-electron chi connectivity index (χ1n) is 8.58. The van der Waals surface area contributed by atoms with Gasteiger partial charge < -0.3 is 9.05 Å². The van der Waals surface area contributed by atoms with Crippen LogP contribution in [0.2, 0.25) is 0 Å². The summed E-state index contributed by atoms with van der Waals surface area (Å²) >= 11 is 0. The molecule has 0 atom stereocenters. The molecule has 0 bridgehead atoms. The second-order valence-electron chi connectivity index (χ2n) is 6.50. The minimum absolute atomic E-state index is 0.00514. The van der Waals surface area contributed by atoms with Crippen molar-refractivity contribution in [2.45, 2.75) is 46.2 Å². The van der Waals surface area contributed by atoms with E-state index in [1.54, 1.807) is 34.6 Å². The summed E-state index contributed by atoms with van der Waals surface area (Å²) in [5.41, 5.74) is 2.19. The summed E-state index contributed by atoms with van der Waals surface area (Å²) in [5.74, 6) is 0. The number of anilines is 1. The van der Waals surface area contributed by atoms with Crippen molar-refractivity contribution in [1.82, 2.24) is 0 Å². The molecule has 0 aliphatic heterocycles. The first kappa shape index (κ1) is 23.7. The average Bonchev–Trinajstić information content (AvgIpc) is 2.59. The lowest BCUT2D eigenvalue weighted by Gasteiger charge is -2.32. The summed E-state index contributed by atoms with van der Waals surface area (Å²) in [7, 11) is -3.41. The molecule has 12 heteroatoms. The minimum Gasteiger partial charge on any atom is -0.308 e. The van der Waals surface area contributed by atoms with Crippen LogP contribution < -0.4 is 5.43 Å². The first-order chi connectivity index (χ1) is 13.0. The van der Waals surface area contributed by atoms with E-state index in [0.29, 0.717) is 5.71 Å². The summed E-state index contributed by atoms with van der Waals surface area (Å²) in [4.78, 5) is 20.5. The van der Waals surface area contributed by atoms with E-state index in [0.717, 1.165) is 12.1 Å². The standard InChI is InChI=1S/C16H25N4O7P/c1-6-26-28(25,27-7-2)16(4,5)11-12(3)17-18-14-9-8-13(19(21)22)10-15(14)20(23)24/h8-10,18H,6-7,11H2,1-5H3/b17-12+. The quantitative estimate of drug-likeness (QED) is 0.236. The van der Waals surface area contributed by atoms with Gasteiger partial charge in [-0.05, 0) is 40.7 Å². The number of nitrogens with zero attached hydrogens (tertiary/aromatic N) is 3. The zero-order chi connectivity index (χ0) is 21.5. The molecule has 0 amide bonds. The number of hydrogen-bond donors (Lipinski definition) is 1. The average molecular weight is 416 g/mol. The van der Waals surface area contributed by atoms with Gasteiger partial charge in [0.2, 0.25) is 0 Å². The van der Waals surface area contributed by atoms with Crippen LogP contribution in [0, 0.1) is 20.2 Å². The second-order valence-corrected chi connectivity index (χ2v) is 9.22. The first-order valence-corrected chi connectivity index (χ1v) is 10.1. The van der Waals surface area contributed by atoms with Crippen molar-refractivity contribution < 1.29 is 23.5 Å². The summed E-state index contributed by atoms with van der Waals surface area (Å²) < 4.78 is 23.8. The number of nitro groups is 2. The Balaban J connectivity index is 3.05. The monoisotopic (exact) mass is 416 g/mol. The van der Waals surface area contributed by atoms with Gasteiger partial charge >= 0.3 is 13.3 Å². The molecule has 0 fully saturated rings. The Kier molecular flexibility index (Phi) is 8.22. The molecule has 1 aromatic carbocycles. The molecule has 0 heterocycles.